The summed E-state index contributed by atoms with van der Waals surface area (Å²) in [7, 11) is 0. The van der Waals surface area contributed by atoms with E-state index in [4.69, 9.17) is 4.74 Å². The highest BCUT2D eigenvalue weighted by molar-refractivity contribution is 5.85. The molecule has 2 rings (SSSR count). The van der Waals surface area contributed by atoms with E-state index in [-0.39, 0.29) is 25.5 Å². The van der Waals surface area contributed by atoms with Crippen LogP contribution in [-0.2, 0) is 27.0 Å². The quantitative estimate of drug-likeness (QED) is 0.766. The Labute approximate surface area is 137 Å². The Morgan fingerprint density at radius 3 is 2.83 bits per heavy atom. The molecule has 0 aliphatic carbocycles. The van der Waals surface area contributed by atoms with E-state index in [1.165, 1.54) is 6.07 Å². The number of benzene rings is 1. The highest BCUT2D eigenvalue weighted by Crippen LogP contribution is 2.29. The SMILES string of the molecule is CCOC(=O)C[C@H]1C(=O)NCC[NH+]1Cc1cccc(C(F)(F)F)c1. The van der Waals surface area contributed by atoms with Crippen molar-refractivity contribution in [1.29, 1.82) is 0 Å². The third-order valence-corrected chi connectivity index (χ3v) is 3.92. The summed E-state index contributed by atoms with van der Waals surface area (Å²) < 4.78 is 43.3. The fourth-order valence-corrected chi connectivity index (χ4v) is 2.78. The molecule has 24 heavy (non-hydrogen) atoms. The van der Waals surface area contributed by atoms with Crippen molar-refractivity contribution >= 4 is 11.9 Å². The maximum atomic E-state index is 12.8. The van der Waals surface area contributed by atoms with Crippen molar-refractivity contribution in [3.63, 3.8) is 0 Å². The van der Waals surface area contributed by atoms with Crippen LogP contribution in [0.3, 0.4) is 0 Å². The van der Waals surface area contributed by atoms with Crippen LogP contribution in [0.1, 0.15) is 24.5 Å². The summed E-state index contributed by atoms with van der Waals surface area (Å²) in [6.45, 7) is 3.09. The minimum atomic E-state index is -4.41. The minimum Gasteiger partial charge on any atom is -0.466 e. The lowest BCUT2D eigenvalue weighted by molar-refractivity contribution is -0.930. The molecule has 0 saturated carbocycles. The average molecular weight is 345 g/mol. The van der Waals surface area contributed by atoms with Gasteiger partial charge in [-0.3, -0.25) is 9.59 Å². The van der Waals surface area contributed by atoms with Gasteiger partial charge in [-0.25, -0.2) is 0 Å². The molecule has 1 saturated heterocycles. The smallest absolute Gasteiger partial charge is 0.416 e. The van der Waals surface area contributed by atoms with Gasteiger partial charge in [0.1, 0.15) is 13.0 Å². The highest BCUT2D eigenvalue weighted by Gasteiger charge is 2.36. The standard InChI is InChI=1S/C16H19F3N2O3/c1-2-24-14(22)9-13-15(23)20-6-7-21(13)10-11-4-3-5-12(8-11)16(17,18)19/h3-5,8,13H,2,6-7,9-10H2,1H3,(H,20,23)/p+1/t13-/m0/s1. The van der Waals surface area contributed by atoms with Gasteiger partial charge < -0.3 is 15.0 Å². The average Bonchev–Trinajstić information content (AvgIpc) is 2.50. The number of esters is 1. The molecule has 1 aromatic rings. The first-order valence-corrected chi connectivity index (χ1v) is 7.75. The van der Waals surface area contributed by atoms with Crippen LogP contribution in [0.5, 0.6) is 0 Å². The molecule has 1 heterocycles. The minimum absolute atomic E-state index is 0.0893. The molecule has 1 fully saturated rings. The third-order valence-electron chi connectivity index (χ3n) is 3.92. The van der Waals surface area contributed by atoms with E-state index in [1.807, 2.05) is 0 Å². The van der Waals surface area contributed by atoms with Crippen molar-refractivity contribution in [2.75, 3.05) is 19.7 Å². The summed E-state index contributed by atoms with van der Waals surface area (Å²) in [5.41, 5.74) is -0.244. The largest absolute Gasteiger partial charge is 0.466 e. The molecule has 1 aromatic carbocycles. The molecule has 1 unspecified atom stereocenters. The number of rotatable bonds is 5. The van der Waals surface area contributed by atoms with Crippen molar-refractivity contribution in [2.45, 2.75) is 32.1 Å². The predicted octanol–water partition coefficient (Wildman–Crippen LogP) is 0.542. The number of carbonyl (C=O) groups excluding carboxylic acids is 2. The maximum absolute atomic E-state index is 12.8. The lowest BCUT2D eigenvalue weighted by atomic mass is 10.1. The number of quaternary nitrogens is 1. The number of halogens is 3. The number of nitrogens with one attached hydrogen (secondary N) is 2. The molecule has 2 N–H and O–H groups in total. The van der Waals surface area contributed by atoms with Crippen LogP contribution < -0.4 is 10.2 Å². The molecule has 1 aliphatic heterocycles. The van der Waals surface area contributed by atoms with Gasteiger partial charge in [0.25, 0.3) is 5.91 Å². The first-order chi connectivity index (χ1) is 11.3. The van der Waals surface area contributed by atoms with Crippen molar-refractivity contribution in [3.05, 3.63) is 35.4 Å². The molecule has 5 nitrogen and oxygen atoms in total. The van der Waals surface area contributed by atoms with Crippen LogP contribution in [-0.4, -0.2) is 37.6 Å². The second-order valence-electron chi connectivity index (χ2n) is 5.64. The molecule has 2 atom stereocenters. The topological polar surface area (TPSA) is 59.8 Å². The Bertz CT molecular complexity index is 604. The summed E-state index contributed by atoms with van der Waals surface area (Å²) in [5.74, 6) is -0.766. The summed E-state index contributed by atoms with van der Waals surface area (Å²) in [6, 6.07) is 4.38. The fourth-order valence-electron chi connectivity index (χ4n) is 2.78. The summed E-state index contributed by atoms with van der Waals surface area (Å²) in [6.07, 6.45) is -4.50. The zero-order chi connectivity index (χ0) is 17.7. The van der Waals surface area contributed by atoms with Gasteiger partial charge in [-0.2, -0.15) is 13.2 Å². The molecule has 132 valence electrons. The lowest BCUT2D eigenvalue weighted by Gasteiger charge is -2.31. The van der Waals surface area contributed by atoms with Gasteiger partial charge in [-0.05, 0) is 19.1 Å². The number of piperazine rings is 1. The number of hydrogen-bond acceptors (Lipinski definition) is 3. The van der Waals surface area contributed by atoms with Gasteiger partial charge in [-0.1, -0.05) is 12.1 Å². The van der Waals surface area contributed by atoms with E-state index >= 15 is 0 Å². The number of amides is 1. The van der Waals surface area contributed by atoms with Crippen molar-refractivity contribution in [1.82, 2.24) is 5.32 Å². The molecule has 0 radical (unpaired) electrons. The van der Waals surface area contributed by atoms with Crippen molar-refractivity contribution in [2.24, 2.45) is 0 Å². The molecule has 8 heteroatoms. The first-order valence-electron chi connectivity index (χ1n) is 7.75. The number of alkyl halides is 3. The Morgan fingerprint density at radius 2 is 2.17 bits per heavy atom. The first kappa shape index (κ1) is 18.3. The zero-order valence-corrected chi connectivity index (χ0v) is 13.3. The maximum Gasteiger partial charge on any atom is 0.416 e. The van der Waals surface area contributed by atoms with Crippen molar-refractivity contribution in [3.8, 4) is 0 Å². The van der Waals surface area contributed by atoms with Crippen LogP contribution in [0.4, 0.5) is 13.2 Å². The van der Waals surface area contributed by atoms with Crippen LogP contribution in [0.2, 0.25) is 0 Å². The fraction of sp³-hybridized carbons (Fsp3) is 0.500. The number of hydrogen-bond donors (Lipinski definition) is 2. The van der Waals surface area contributed by atoms with Crippen LogP contribution >= 0.6 is 0 Å². The van der Waals surface area contributed by atoms with Crippen LogP contribution in [0, 0.1) is 0 Å². The Balaban J connectivity index is 2.13. The highest BCUT2D eigenvalue weighted by atomic mass is 19.4. The van der Waals surface area contributed by atoms with E-state index in [0.717, 1.165) is 17.0 Å². The number of ether oxygens (including phenoxy) is 1. The second kappa shape index (κ2) is 7.65. The van der Waals surface area contributed by atoms with Gasteiger partial charge in [-0.15, -0.1) is 0 Å². The van der Waals surface area contributed by atoms with Gasteiger partial charge in [0, 0.05) is 5.56 Å². The summed E-state index contributed by atoms with van der Waals surface area (Å²) in [4.78, 5) is 24.5. The Kier molecular flexibility index (Phi) is 5.82. The molecule has 1 amide bonds. The van der Waals surface area contributed by atoms with E-state index in [0.29, 0.717) is 18.7 Å². The summed E-state index contributed by atoms with van der Waals surface area (Å²) in [5, 5.41) is 2.68. The van der Waals surface area contributed by atoms with Gasteiger partial charge in [0.2, 0.25) is 0 Å². The lowest BCUT2D eigenvalue weighted by Crippen LogP contribution is -3.18. The van der Waals surface area contributed by atoms with E-state index in [9.17, 15) is 22.8 Å². The van der Waals surface area contributed by atoms with Crippen LogP contribution in [0.15, 0.2) is 24.3 Å². The van der Waals surface area contributed by atoms with E-state index in [1.54, 1.807) is 13.0 Å². The van der Waals surface area contributed by atoms with Gasteiger partial charge in [0.05, 0.1) is 25.3 Å². The normalized spacial score (nSPS) is 21.2. The summed E-state index contributed by atoms with van der Waals surface area (Å²) >= 11 is 0. The van der Waals surface area contributed by atoms with Gasteiger partial charge >= 0.3 is 12.1 Å². The molecular formula is C16H20F3N2O3+. The molecule has 0 aromatic heterocycles. The molecule has 0 bridgehead atoms. The Morgan fingerprint density at radius 1 is 1.42 bits per heavy atom. The zero-order valence-electron chi connectivity index (χ0n) is 13.3. The van der Waals surface area contributed by atoms with E-state index < -0.39 is 23.8 Å². The monoisotopic (exact) mass is 345 g/mol. The predicted molar refractivity (Wildman–Crippen MR) is 79.0 cm³/mol. The van der Waals surface area contributed by atoms with E-state index in [2.05, 4.69) is 5.32 Å². The molecule has 1 aliphatic rings. The Hall–Kier alpha value is -2.09. The van der Waals surface area contributed by atoms with Crippen LogP contribution in [0.25, 0.3) is 0 Å². The molecular weight excluding hydrogens is 325 g/mol. The number of carbonyl (C=O) groups is 2. The third kappa shape index (κ3) is 4.70. The second-order valence-corrected chi connectivity index (χ2v) is 5.64. The van der Waals surface area contributed by atoms with Gasteiger partial charge in [0.15, 0.2) is 6.04 Å². The van der Waals surface area contributed by atoms with Crippen molar-refractivity contribution < 1.29 is 32.4 Å². The molecule has 0 spiro atoms.